The molecule has 0 spiro atoms. The second kappa shape index (κ2) is 11.6. The summed E-state index contributed by atoms with van der Waals surface area (Å²) >= 11 is 0. The largest absolute Gasteiger partial charge is 0.310 e. The van der Waals surface area contributed by atoms with Crippen molar-refractivity contribution >= 4 is 44.9 Å². The number of nitrogens with zero attached hydrogens (tertiary/aromatic N) is 2. The highest BCUT2D eigenvalue weighted by atomic mass is 15.0. The van der Waals surface area contributed by atoms with Crippen LogP contribution in [-0.2, 0) is 0 Å². The molecule has 0 radical (unpaired) electrons. The topological polar surface area (TPSA) is 9.86 Å². The fraction of sp³-hybridized carbons (Fsp3) is 0.0417. The Morgan fingerprint density at radius 1 is 0.400 bits per heavy atom. The second-order valence-corrected chi connectivity index (χ2v) is 13.3. The molecule has 0 amide bonds. The van der Waals surface area contributed by atoms with E-state index in [-0.39, 0.29) is 0 Å². The molecule has 1 aliphatic carbocycles. The number of para-hydroxylation sites is 3. The Morgan fingerprint density at radius 3 is 1.74 bits per heavy atom. The number of benzene rings is 7. The Hall–Kier alpha value is -6.38. The van der Waals surface area contributed by atoms with E-state index in [0.717, 1.165) is 6.42 Å². The molecular weight excluding hydrogens is 605 g/mol. The Kier molecular flexibility index (Phi) is 6.67. The Labute approximate surface area is 291 Å². The molecule has 1 unspecified atom stereocenters. The highest BCUT2D eigenvalue weighted by Crippen LogP contribution is 2.36. The van der Waals surface area contributed by atoms with Gasteiger partial charge < -0.3 is 9.13 Å². The van der Waals surface area contributed by atoms with Gasteiger partial charge in [-0.3, -0.25) is 0 Å². The maximum absolute atomic E-state index is 2.50. The zero-order valence-electron chi connectivity index (χ0n) is 27.6. The quantitative estimate of drug-likeness (QED) is 0.178. The third-order valence-electron chi connectivity index (χ3n) is 10.5. The van der Waals surface area contributed by atoms with Gasteiger partial charge in [-0.05, 0) is 88.8 Å². The van der Waals surface area contributed by atoms with Gasteiger partial charge in [0.2, 0.25) is 0 Å². The van der Waals surface area contributed by atoms with Gasteiger partial charge >= 0.3 is 0 Å². The smallest absolute Gasteiger partial charge is 0.0541 e. The second-order valence-electron chi connectivity index (χ2n) is 13.3. The molecule has 7 aromatic carbocycles. The Balaban J connectivity index is 1.05. The molecule has 2 aromatic heterocycles. The molecule has 0 saturated carbocycles. The summed E-state index contributed by atoms with van der Waals surface area (Å²) in [5, 5.41) is 6.51. The number of rotatable bonds is 5. The van der Waals surface area contributed by atoms with Crippen molar-refractivity contribution in [3.63, 3.8) is 0 Å². The van der Waals surface area contributed by atoms with Crippen LogP contribution in [0.4, 0.5) is 0 Å². The summed E-state index contributed by atoms with van der Waals surface area (Å²) in [6.07, 6.45) is 5.91. The average molecular weight is 639 g/mol. The first-order chi connectivity index (χ1) is 24.8. The lowest BCUT2D eigenvalue weighted by Crippen LogP contribution is -2.31. The molecule has 2 heterocycles. The molecule has 2 heteroatoms. The van der Waals surface area contributed by atoms with Crippen molar-refractivity contribution in [1.29, 1.82) is 0 Å². The van der Waals surface area contributed by atoms with Gasteiger partial charge in [-0.2, -0.15) is 0 Å². The van der Waals surface area contributed by atoms with Crippen LogP contribution >= 0.6 is 0 Å². The van der Waals surface area contributed by atoms with Crippen LogP contribution in [-0.4, -0.2) is 9.13 Å². The Morgan fingerprint density at radius 2 is 0.980 bits per heavy atom. The van der Waals surface area contributed by atoms with E-state index in [4.69, 9.17) is 0 Å². The van der Waals surface area contributed by atoms with Crippen LogP contribution in [0.1, 0.15) is 17.9 Å². The van der Waals surface area contributed by atoms with E-state index in [2.05, 4.69) is 197 Å². The number of fused-ring (bicyclic) bond motifs is 6. The SMILES string of the molecule is C1=c2c(n(-c3ccccc3)c3ccccc23)=CCC1c1ccc2c(c1)c1ccccc1n2-c1ccc(-c2cccc(-c3ccccc3)c2)cc1. The lowest BCUT2D eigenvalue weighted by molar-refractivity contribution is 0.909. The van der Waals surface area contributed by atoms with E-state index < -0.39 is 0 Å². The maximum Gasteiger partial charge on any atom is 0.0541 e. The monoisotopic (exact) mass is 638 g/mol. The molecule has 9 aromatic rings. The van der Waals surface area contributed by atoms with Crippen LogP contribution in [0.3, 0.4) is 0 Å². The predicted molar refractivity (Wildman–Crippen MR) is 210 cm³/mol. The maximum atomic E-state index is 2.50. The highest BCUT2D eigenvalue weighted by molar-refractivity contribution is 6.09. The van der Waals surface area contributed by atoms with Crippen molar-refractivity contribution in [1.82, 2.24) is 9.13 Å². The van der Waals surface area contributed by atoms with E-state index in [9.17, 15) is 0 Å². The number of hydrogen-bond donors (Lipinski definition) is 0. The van der Waals surface area contributed by atoms with E-state index in [0.29, 0.717) is 5.92 Å². The molecule has 1 atom stereocenters. The summed E-state index contributed by atoms with van der Waals surface area (Å²) in [5.41, 5.74) is 12.3. The van der Waals surface area contributed by atoms with E-state index in [1.807, 2.05) is 0 Å². The van der Waals surface area contributed by atoms with Crippen LogP contribution in [0.15, 0.2) is 176 Å². The van der Waals surface area contributed by atoms with Crippen molar-refractivity contribution < 1.29 is 0 Å². The first kappa shape index (κ1) is 28.6. The highest BCUT2D eigenvalue weighted by Gasteiger charge is 2.19. The van der Waals surface area contributed by atoms with Crippen LogP contribution in [0.25, 0.3) is 78.5 Å². The minimum Gasteiger partial charge on any atom is -0.310 e. The summed E-state index contributed by atoms with van der Waals surface area (Å²) in [6, 6.07) is 63.9. The van der Waals surface area contributed by atoms with Crippen LogP contribution in [0.2, 0.25) is 0 Å². The van der Waals surface area contributed by atoms with Gasteiger partial charge in [0.05, 0.1) is 16.6 Å². The summed E-state index contributed by atoms with van der Waals surface area (Å²) < 4.78 is 4.83. The van der Waals surface area contributed by atoms with Crippen molar-refractivity contribution in [2.24, 2.45) is 0 Å². The zero-order valence-corrected chi connectivity index (χ0v) is 27.6. The molecule has 0 bridgehead atoms. The third-order valence-corrected chi connectivity index (χ3v) is 10.5. The minimum absolute atomic E-state index is 0.301. The summed E-state index contributed by atoms with van der Waals surface area (Å²) in [4.78, 5) is 0. The lowest BCUT2D eigenvalue weighted by Gasteiger charge is -2.15. The molecule has 1 aliphatic rings. The standard InChI is InChI=1S/C48H34N2/c1-3-12-33(13-4-1)35-14-11-15-36(30-35)34-22-26-40(27-23-34)50-46-21-10-8-19-42(46)44-32-38(25-29-48(44)50)37-24-28-47-43(31-37)41-18-7-9-20-45(41)49(47)39-16-5-2-6-17-39/h1-23,25-32,37H,24H2. The summed E-state index contributed by atoms with van der Waals surface area (Å²) in [6.45, 7) is 0. The van der Waals surface area contributed by atoms with Crippen LogP contribution in [0.5, 0.6) is 0 Å². The average Bonchev–Trinajstić information content (AvgIpc) is 3.71. The molecule has 0 fully saturated rings. The molecule has 236 valence electrons. The first-order valence-electron chi connectivity index (χ1n) is 17.5. The van der Waals surface area contributed by atoms with E-state index in [1.165, 1.54) is 82.5 Å². The van der Waals surface area contributed by atoms with Crippen molar-refractivity contribution in [3.05, 3.63) is 192 Å². The summed E-state index contributed by atoms with van der Waals surface area (Å²) in [7, 11) is 0. The van der Waals surface area contributed by atoms with E-state index >= 15 is 0 Å². The van der Waals surface area contributed by atoms with Gasteiger partial charge in [0.25, 0.3) is 0 Å². The summed E-state index contributed by atoms with van der Waals surface area (Å²) in [5.74, 6) is 0.301. The van der Waals surface area contributed by atoms with Crippen molar-refractivity contribution in [2.75, 3.05) is 0 Å². The fourth-order valence-corrected chi connectivity index (χ4v) is 8.07. The predicted octanol–water partition coefficient (Wildman–Crippen LogP) is 10.8. The van der Waals surface area contributed by atoms with Crippen molar-refractivity contribution in [3.8, 4) is 33.6 Å². The molecule has 50 heavy (non-hydrogen) atoms. The molecular formula is C48H34N2. The van der Waals surface area contributed by atoms with Crippen LogP contribution < -0.4 is 10.6 Å². The Bertz CT molecular complexity index is 2820. The molecule has 0 saturated heterocycles. The van der Waals surface area contributed by atoms with Crippen molar-refractivity contribution in [2.45, 2.75) is 12.3 Å². The minimum atomic E-state index is 0.301. The first-order valence-corrected chi connectivity index (χ1v) is 17.5. The van der Waals surface area contributed by atoms with Gasteiger partial charge in [0, 0.05) is 44.0 Å². The fourth-order valence-electron chi connectivity index (χ4n) is 8.07. The van der Waals surface area contributed by atoms with Gasteiger partial charge in [-0.1, -0.05) is 133 Å². The number of aromatic nitrogens is 2. The van der Waals surface area contributed by atoms with Gasteiger partial charge in [0.15, 0.2) is 0 Å². The third kappa shape index (κ3) is 4.64. The molecule has 0 aliphatic heterocycles. The van der Waals surface area contributed by atoms with Gasteiger partial charge in [0.1, 0.15) is 0 Å². The van der Waals surface area contributed by atoms with Gasteiger partial charge in [-0.15, -0.1) is 0 Å². The zero-order chi connectivity index (χ0) is 33.0. The lowest BCUT2D eigenvalue weighted by atomic mass is 9.90. The number of hydrogen-bond acceptors (Lipinski definition) is 0. The normalized spacial score (nSPS) is 14.0. The molecule has 10 rings (SSSR count). The van der Waals surface area contributed by atoms with E-state index in [1.54, 1.807) is 0 Å². The molecule has 0 N–H and O–H groups in total. The molecule has 2 nitrogen and oxygen atoms in total. The van der Waals surface area contributed by atoms with Gasteiger partial charge in [-0.25, -0.2) is 0 Å². The van der Waals surface area contributed by atoms with Crippen LogP contribution in [0, 0.1) is 0 Å².